The van der Waals surface area contributed by atoms with E-state index in [1.54, 1.807) is 11.8 Å². The minimum Gasteiger partial charge on any atom is -0.392 e. The summed E-state index contributed by atoms with van der Waals surface area (Å²) in [7, 11) is 0. The zero-order chi connectivity index (χ0) is 12.3. The molecule has 2 unspecified atom stereocenters. The number of carbonyl (C=O) groups excluding carboxylic acids is 1. The molecule has 0 aromatic heterocycles. The number of hydrogen-bond donors (Lipinski definition) is 2. The molecule has 0 radical (unpaired) electrons. The molecule has 4 heteroatoms. The van der Waals surface area contributed by atoms with Crippen LogP contribution in [0, 0.1) is 5.92 Å². The van der Waals surface area contributed by atoms with Gasteiger partial charge in [0.2, 0.25) is 5.91 Å². The molecular formula is C13H17NO2S. The highest BCUT2D eigenvalue weighted by Gasteiger charge is 2.31. The maximum atomic E-state index is 11.9. The van der Waals surface area contributed by atoms with Gasteiger partial charge < -0.3 is 10.4 Å². The topological polar surface area (TPSA) is 49.3 Å². The van der Waals surface area contributed by atoms with Crippen LogP contribution in [-0.2, 0) is 4.79 Å². The summed E-state index contributed by atoms with van der Waals surface area (Å²) in [5, 5.41) is 12.5. The Labute approximate surface area is 106 Å². The quantitative estimate of drug-likeness (QED) is 0.812. The van der Waals surface area contributed by atoms with Gasteiger partial charge in [0.05, 0.1) is 12.0 Å². The Morgan fingerprint density at radius 2 is 2.06 bits per heavy atom. The number of thioether (sulfide) groups is 1. The van der Waals surface area contributed by atoms with Crippen molar-refractivity contribution in [1.82, 2.24) is 0 Å². The summed E-state index contributed by atoms with van der Waals surface area (Å²) in [4.78, 5) is 13.1. The number of amides is 1. The first kappa shape index (κ1) is 12.5. The molecule has 3 nitrogen and oxygen atoms in total. The van der Waals surface area contributed by atoms with Gasteiger partial charge in [-0.3, -0.25) is 4.79 Å². The summed E-state index contributed by atoms with van der Waals surface area (Å²) in [5.74, 6) is -0.304. The molecule has 0 spiro atoms. The molecule has 0 saturated heterocycles. The van der Waals surface area contributed by atoms with Crippen LogP contribution in [0.2, 0.25) is 0 Å². The van der Waals surface area contributed by atoms with Crippen molar-refractivity contribution in [2.75, 3.05) is 11.6 Å². The number of aliphatic hydroxyl groups excluding tert-OH is 1. The van der Waals surface area contributed by atoms with Crippen LogP contribution in [0.5, 0.6) is 0 Å². The molecule has 1 aliphatic rings. The van der Waals surface area contributed by atoms with Gasteiger partial charge in [-0.1, -0.05) is 0 Å². The van der Waals surface area contributed by atoms with E-state index in [2.05, 4.69) is 5.32 Å². The van der Waals surface area contributed by atoms with E-state index in [-0.39, 0.29) is 11.8 Å². The molecule has 0 heterocycles. The van der Waals surface area contributed by atoms with Gasteiger partial charge in [0.25, 0.3) is 0 Å². The maximum absolute atomic E-state index is 11.9. The second-order valence-electron chi connectivity index (χ2n) is 4.32. The van der Waals surface area contributed by atoms with Gasteiger partial charge in [-0.05, 0) is 49.8 Å². The van der Waals surface area contributed by atoms with E-state index in [1.807, 2.05) is 30.5 Å². The van der Waals surface area contributed by atoms with Gasteiger partial charge >= 0.3 is 0 Å². The molecule has 1 amide bonds. The van der Waals surface area contributed by atoms with Crippen LogP contribution in [0.25, 0.3) is 0 Å². The Kier molecular flexibility index (Phi) is 4.07. The summed E-state index contributed by atoms with van der Waals surface area (Å²) in [6.45, 7) is 0. The van der Waals surface area contributed by atoms with E-state index in [9.17, 15) is 9.90 Å². The second-order valence-corrected chi connectivity index (χ2v) is 5.20. The van der Waals surface area contributed by atoms with Gasteiger partial charge in [0, 0.05) is 10.6 Å². The smallest absolute Gasteiger partial charge is 0.230 e. The number of hydrogen-bond acceptors (Lipinski definition) is 3. The standard InChI is InChI=1S/C13H17NO2S/c1-17-10-7-5-9(6-8-10)14-13(16)11-3-2-4-12(11)15/h5-8,11-12,15H,2-4H2,1H3,(H,14,16). The summed E-state index contributed by atoms with van der Waals surface area (Å²) >= 11 is 1.67. The molecule has 2 atom stereocenters. The highest BCUT2D eigenvalue weighted by molar-refractivity contribution is 7.98. The lowest BCUT2D eigenvalue weighted by atomic mass is 10.1. The average molecular weight is 251 g/mol. The minimum atomic E-state index is -0.472. The lowest BCUT2D eigenvalue weighted by molar-refractivity contribution is -0.122. The highest BCUT2D eigenvalue weighted by atomic mass is 32.2. The van der Waals surface area contributed by atoms with Gasteiger partial charge in [-0.2, -0.15) is 0 Å². The van der Waals surface area contributed by atoms with Crippen LogP contribution in [0.4, 0.5) is 5.69 Å². The third kappa shape index (κ3) is 3.01. The number of carbonyl (C=O) groups is 1. The van der Waals surface area contributed by atoms with E-state index in [0.29, 0.717) is 0 Å². The van der Waals surface area contributed by atoms with Crippen LogP contribution in [0.3, 0.4) is 0 Å². The molecule has 1 fully saturated rings. The monoisotopic (exact) mass is 251 g/mol. The van der Waals surface area contributed by atoms with Crippen molar-refractivity contribution in [2.45, 2.75) is 30.3 Å². The Morgan fingerprint density at radius 3 is 2.59 bits per heavy atom. The van der Waals surface area contributed by atoms with Crippen molar-refractivity contribution in [3.05, 3.63) is 24.3 Å². The highest BCUT2D eigenvalue weighted by Crippen LogP contribution is 2.27. The summed E-state index contributed by atoms with van der Waals surface area (Å²) < 4.78 is 0. The SMILES string of the molecule is CSc1ccc(NC(=O)C2CCCC2O)cc1. The first-order chi connectivity index (χ1) is 8.20. The van der Waals surface area contributed by atoms with E-state index in [4.69, 9.17) is 0 Å². The molecule has 92 valence electrons. The van der Waals surface area contributed by atoms with Crippen LogP contribution in [0.15, 0.2) is 29.2 Å². The molecule has 1 aromatic carbocycles. The molecular weight excluding hydrogens is 234 g/mol. The first-order valence-electron chi connectivity index (χ1n) is 5.83. The van der Waals surface area contributed by atoms with E-state index in [1.165, 1.54) is 4.90 Å². The lowest BCUT2D eigenvalue weighted by Crippen LogP contribution is -2.28. The van der Waals surface area contributed by atoms with Gasteiger partial charge in [0.1, 0.15) is 0 Å². The molecule has 1 aliphatic carbocycles. The molecule has 2 N–H and O–H groups in total. The largest absolute Gasteiger partial charge is 0.392 e. The van der Waals surface area contributed by atoms with Crippen molar-refractivity contribution in [3.8, 4) is 0 Å². The average Bonchev–Trinajstić information content (AvgIpc) is 2.76. The Bertz CT molecular complexity index is 391. The molecule has 1 saturated carbocycles. The summed E-state index contributed by atoms with van der Waals surface area (Å²) in [6, 6.07) is 7.74. The first-order valence-corrected chi connectivity index (χ1v) is 7.06. The van der Waals surface area contributed by atoms with Crippen molar-refractivity contribution >= 4 is 23.4 Å². The third-order valence-corrected chi connectivity index (χ3v) is 3.92. The zero-order valence-electron chi connectivity index (χ0n) is 9.85. The molecule has 1 aromatic rings. The Hall–Kier alpha value is -1.00. The number of anilines is 1. The van der Waals surface area contributed by atoms with Crippen molar-refractivity contribution < 1.29 is 9.90 Å². The fraction of sp³-hybridized carbons (Fsp3) is 0.462. The number of rotatable bonds is 3. The predicted octanol–water partition coefficient (Wildman–Crippen LogP) is 2.51. The number of nitrogens with one attached hydrogen (secondary N) is 1. The molecule has 2 rings (SSSR count). The van der Waals surface area contributed by atoms with Gasteiger partial charge in [-0.25, -0.2) is 0 Å². The van der Waals surface area contributed by atoms with Crippen LogP contribution < -0.4 is 5.32 Å². The molecule has 0 bridgehead atoms. The molecule has 17 heavy (non-hydrogen) atoms. The fourth-order valence-corrected chi connectivity index (χ4v) is 2.56. The minimum absolute atomic E-state index is 0.0631. The lowest BCUT2D eigenvalue weighted by Gasteiger charge is -2.14. The Balaban J connectivity index is 1.97. The van der Waals surface area contributed by atoms with E-state index in [0.717, 1.165) is 24.9 Å². The Morgan fingerprint density at radius 1 is 1.35 bits per heavy atom. The van der Waals surface area contributed by atoms with Crippen LogP contribution in [0.1, 0.15) is 19.3 Å². The van der Waals surface area contributed by atoms with Gasteiger partial charge in [-0.15, -0.1) is 11.8 Å². The predicted molar refractivity (Wildman–Crippen MR) is 70.2 cm³/mol. The van der Waals surface area contributed by atoms with Crippen molar-refractivity contribution in [3.63, 3.8) is 0 Å². The van der Waals surface area contributed by atoms with E-state index < -0.39 is 6.10 Å². The normalized spacial score (nSPS) is 23.6. The summed E-state index contributed by atoms with van der Waals surface area (Å²) in [5.41, 5.74) is 0.798. The van der Waals surface area contributed by atoms with Crippen LogP contribution >= 0.6 is 11.8 Å². The maximum Gasteiger partial charge on any atom is 0.230 e. The molecule has 0 aliphatic heterocycles. The van der Waals surface area contributed by atoms with Crippen molar-refractivity contribution in [2.24, 2.45) is 5.92 Å². The van der Waals surface area contributed by atoms with Crippen LogP contribution in [-0.4, -0.2) is 23.4 Å². The van der Waals surface area contributed by atoms with E-state index >= 15 is 0 Å². The fourth-order valence-electron chi connectivity index (χ4n) is 2.16. The zero-order valence-corrected chi connectivity index (χ0v) is 10.7. The van der Waals surface area contributed by atoms with Crippen molar-refractivity contribution in [1.29, 1.82) is 0 Å². The summed E-state index contributed by atoms with van der Waals surface area (Å²) in [6.07, 6.45) is 4.01. The number of aliphatic hydroxyl groups is 1. The third-order valence-electron chi connectivity index (χ3n) is 3.17. The second kappa shape index (κ2) is 5.56. The number of benzene rings is 1. The van der Waals surface area contributed by atoms with Gasteiger partial charge in [0.15, 0.2) is 0 Å².